The minimum atomic E-state index is -4.35. The van der Waals surface area contributed by atoms with Crippen molar-refractivity contribution in [3.05, 3.63) is 65.4 Å². The van der Waals surface area contributed by atoms with Crippen LogP contribution in [0.25, 0.3) is 22.3 Å². The first kappa shape index (κ1) is 20.0. The first-order chi connectivity index (χ1) is 14.3. The van der Waals surface area contributed by atoms with Crippen LogP contribution in [-0.4, -0.2) is 30.5 Å². The van der Waals surface area contributed by atoms with Gasteiger partial charge in [-0.15, -0.1) is 0 Å². The summed E-state index contributed by atoms with van der Waals surface area (Å²) in [6.45, 7) is 0. The molecule has 2 N–H and O–H groups in total. The number of aromatic nitrogens is 3. The summed E-state index contributed by atoms with van der Waals surface area (Å²) in [7, 11) is -3.12. The summed E-state index contributed by atoms with van der Waals surface area (Å²) >= 11 is 5.83. The molecule has 0 spiro atoms. The minimum Gasteiger partial charge on any atom is -0.480 e. The Labute approximate surface area is 174 Å². The lowest BCUT2D eigenvalue weighted by atomic mass is 10.1. The van der Waals surface area contributed by atoms with Crippen LogP contribution in [0.2, 0.25) is 5.02 Å². The predicted molar refractivity (Wildman–Crippen MR) is 108 cm³/mol. The van der Waals surface area contributed by atoms with Crippen LogP contribution in [0.4, 0.5) is 14.5 Å². The van der Waals surface area contributed by atoms with Crippen LogP contribution in [0, 0.1) is 11.6 Å². The van der Waals surface area contributed by atoms with E-state index in [1.807, 2.05) is 0 Å². The van der Waals surface area contributed by atoms with Crippen molar-refractivity contribution >= 4 is 38.3 Å². The van der Waals surface area contributed by atoms with Crippen LogP contribution in [0.15, 0.2) is 53.7 Å². The van der Waals surface area contributed by atoms with Crippen LogP contribution in [0.3, 0.4) is 0 Å². The van der Waals surface area contributed by atoms with Gasteiger partial charge in [0.05, 0.1) is 29.1 Å². The van der Waals surface area contributed by atoms with E-state index >= 15 is 4.39 Å². The van der Waals surface area contributed by atoms with Crippen molar-refractivity contribution in [1.29, 1.82) is 0 Å². The fraction of sp³-hybridized carbons (Fsp3) is 0.0526. The normalized spacial score (nSPS) is 11.6. The molecule has 3 heterocycles. The number of methoxy groups -OCH3 is 1. The molecule has 4 aromatic rings. The average molecular weight is 451 g/mol. The zero-order chi connectivity index (χ0) is 21.5. The maximum absolute atomic E-state index is 15.2. The van der Waals surface area contributed by atoms with E-state index in [0.717, 1.165) is 23.6 Å². The lowest BCUT2D eigenvalue weighted by Crippen LogP contribution is -2.16. The zero-order valence-electron chi connectivity index (χ0n) is 15.3. The molecule has 0 fully saturated rings. The SMILES string of the molecule is COc1ncc(Cl)cc1S(=O)(=O)Nc1ccc(F)c(-c2ccc3cc[nH]c3n2)c1F. The summed E-state index contributed by atoms with van der Waals surface area (Å²) in [5.41, 5.74) is -0.500. The Kier molecular flexibility index (Phi) is 5.04. The van der Waals surface area contributed by atoms with Gasteiger partial charge in [0, 0.05) is 17.8 Å². The molecule has 0 aliphatic carbocycles. The van der Waals surface area contributed by atoms with Gasteiger partial charge in [-0.2, -0.15) is 0 Å². The molecule has 0 bridgehead atoms. The summed E-state index contributed by atoms with van der Waals surface area (Å²) in [6.07, 6.45) is 2.85. The van der Waals surface area contributed by atoms with Crippen molar-refractivity contribution in [2.75, 3.05) is 11.8 Å². The van der Waals surface area contributed by atoms with E-state index < -0.39 is 37.8 Å². The van der Waals surface area contributed by atoms with Crippen molar-refractivity contribution in [2.24, 2.45) is 0 Å². The number of ether oxygens (including phenoxy) is 1. The molecule has 7 nitrogen and oxygen atoms in total. The highest BCUT2D eigenvalue weighted by molar-refractivity contribution is 7.92. The molecule has 154 valence electrons. The van der Waals surface area contributed by atoms with Gasteiger partial charge in [-0.05, 0) is 36.4 Å². The quantitative estimate of drug-likeness (QED) is 0.470. The minimum absolute atomic E-state index is 0.00278. The number of H-pyrrole nitrogens is 1. The van der Waals surface area contributed by atoms with Crippen molar-refractivity contribution < 1.29 is 21.9 Å². The maximum atomic E-state index is 15.2. The number of sulfonamides is 1. The number of nitrogens with zero attached hydrogens (tertiary/aromatic N) is 2. The second-order valence-corrected chi connectivity index (χ2v) is 8.25. The van der Waals surface area contributed by atoms with Crippen LogP contribution >= 0.6 is 11.6 Å². The molecule has 0 unspecified atom stereocenters. The van der Waals surface area contributed by atoms with Crippen LogP contribution in [0.1, 0.15) is 0 Å². The number of hydrogen-bond acceptors (Lipinski definition) is 5. The highest BCUT2D eigenvalue weighted by Crippen LogP contribution is 2.33. The maximum Gasteiger partial charge on any atom is 0.267 e. The summed E-state index contributed by atoms with van der Waals surface area (Å²) < 4.78 is 62.2. The molecule has 0 saturated carbocycles. The Morgan fingerprint density at radius 2 is 1.97 bits per heavy atom. The molecule has 4 rings (SSSR count). The number of halogens is 3. The van der Waals surface area contributed by atoms with Crippen molar-refractivity contribution in [1.82, 2.24) is 15.0 Å². The number of pyridine rings is 2. The zero-order valence-corrected chi connectivity index (χ0v) is 16.9. The van der Waals surface area contributed by atoms with E-state index in [4.69, 9.17) is 16.3 Å². The van der Waals surface area contributed by atoms with E-state index in [1.165, 1.54) is 19.4 Å². The van der Waals surface area contributed by atoms with E-state index in [1.54, 1.807) is 18.3 Å². The molecule has 11 heteroatoms. The molecule has 0 saturated heterocycles. The topological polar surface area (TPSA) is 97.0 Å². The fourth-order valence-electron chi connectivity index (χ4n) is 2.89. The molecule has 0 aliphatic heterocycles. The average Bonchev–Trinajstić information content (AvgIpc) is 3.18. The van der Waals surface area contributed by atoms with Crippen LogP contribution in [-0.2, 0) is 10.0 Å². The fourth-order valence-corrected chi connectivity index (χ4v) is 4.32. The number of nitrogens with one attached hydrogen (secondary N) is 2. The second kappa shape index (κ2) is 7.54. The van der Waals surface area contributed by atoms with Gasteiger partial charge >= 0.3 is 0 Å². The number of aromatic amines is 1. The van der Waals surface area contributed by atoms with Gasteiger partial charge in [0.25, 0.3) is 10.0 Å². The Morgan fingerprint density at radius 3 is 2.73 bits per heavy atom. The van der Waals surface area contributed by atoms with Gasteiger partial charge in [-0.1, -0.05) is 11.6 Å². The Bertz CT molecular complexity index is 1380. The summed E-state index contributed by atoms with van der Waals surface area (Å²) in [5, 5.41) is 0.803. The standard InChI is InChI=1S/C19H13ClF2N4O3S/c1-29-19-15(8-11(20)9-24-19)30(27,28)26-14-5-3-12(21)16(17(14)22)13-4-2-10-6-7-23-18(10)25-13/h2-9,26H,1H3,(H,23,25). The van der Waals surface area contributed by atoms with E-state index in [0.29, 0.717) is 5.65 Å². The molecular weight excluding hydrogens is 438 g/mol. The van der Waals surface area contributed by atoms with Crippen LogP contribution < -0.4 is 9.46 Å². The molecular formula is C19H13ClF2N4O3S. The Hall–Kier alpha value is -3.24. The molecule has 0 aliphatic rings. The van der Waals surface area contributed by atoms with Crippen LogP contribution in [0.5, 0.6) is 5.88 Å². The third-order valence-corrected chi connectivity index (χ3v) is 5.84. The number of anilines is 1. The van der Waals surface area contributed by atoms with E-state index in [-0.39, 0.29) is 16.6 Å². The molecule has 0 atom stereocenters. The third kappa shape index (κ3) is 3.55. The molecule has 0 radical (unpaired) electrons. The number of hydrogen-bond donors (Lipinski definition) is 2. The second-order valence-electron chi connectivity index (χ2n) is 6.16. The smallest absolute Gasteiger partial charge is 0.267 e. The van der Waals surface area contributed by atoms with Gasteiger partial charge < -0.3 is 9.72 Å². The van der Waals surface area contributed by atoms with Crippen molar-refractivity contribution in [2.45, 2.75) is 4.90 Å². The van der Waals surface area contributed by atoms with Crippen molar-refractivity contribution in [3.8, 4) is 17.1 Å². The van der Waals surface area contributed by atoms with Gasteiger partial charge in [0.15, 0.2) is 10.7 Å². The van der Waals surface area contributed by atoms with Gasteiger partial charge in [0.2, 0.25) is 5.88 Å². The number of fused-ring (bicyclic) bond motifs is 1. The van der Waals surface area contributed by atoms with E-state index in [9.17, 15) is 12.8 Å². The summed E-state index contributed by atoms with van der Waals surface area (Å²) in [6, 6.07) is 7.88. The molecule has 3 aromatic heterocycles. The molecule has 0 amide bonds. The Morgan fingerprint density at radius 1 is 1.17 bits per heavy atom. The molecule has 1 aromatic carbocycles. The lowest BCUT2D eigenvalue weighted by Gasteiger charge is -2.13. The Balaban J connectivity index is 1.79. The summed E-state index contributed by atoms with van der Waals surface area (Å²) in [5.74, 6) is -2.24. The first-order valence-corrected chi connectivity index (χ1v) is 10.3. The van der Waals surface area contributed by atoms with Gasteiger partial charge in [-0.3, -0.25) is 4.72 Å². The van der Waals surface area contributed by atoms with Gasteiger partial charge in [-0.25, -0.2) is 27.2 Å². The predicted octanol–water partition coefficient (Wildman–Crippen LogP) is 4.37. The third-order valence-electron chi connectivity index (χ3n) is 4.27. The van der Waals surface area contributed by atoms with E-state index in [2.05, 4.69) is 19.7 Å². The monoisotopic (exact) mass is 450 g/mol. The largest absolute Gasteiger partial charge is 0.480 e. The number of benzene rings is 1. The van der Waals surface area contributed by atoms with Crippen molar-refractivity contribution in [3.63, 3.8) is 0 Å². The summed E-state index contributed by atoms with van der Waals surface area (Å²) in [4.78, 5) is 10.5. The highest BCUT2D eigenvalue weighted by Gasteiger charge is 2.25. The lowest BCUT2D eigenvalue weighted by molar-refractivity contribution is 0.385. The highest BCUT2D eigenvalue weighted by atomic mass is 35.5. The number of rotatable bonds is 5. The molecule has 30 heavy (non-hydrogen) atoms. The van der Waals surface area contributed by atoms with Gasteiger partial charge in [0.1, 0.15) is 11.5 Å². The first-order valence-electron chi connectivity index (χ1n) is 8.45.